The second kappa shape index (κ2) is 3.45. The summed E-state index contributed by atoms with van der Waals surface area (Å²) in [6.45, 7) is 5.00. The zero-order chi connectivity index (χ0) is 5.70. The molecule has 1 atom stereocenters. The van der Waals surface area contributed by atoms with Gasteiger partial charge in [0.1, 0.15) is 6.10 Å². The summed E-state index contributed by atoms with van der Waals surface area (Å²) in [5.74, 6) is 5.03. The van der Waals surface area contributed by atoms with Gasteiger partial charge >= 0.3 is 0 Å². The van der Waals surface area contributed by atoms with Crippen LogP contribution in [0.3, 0.4) is 0 Å². The number of hydrogen-bond acceptors (Lipinski definition) is 1. The van der Waals surface area contributed by atoms with Gasteiger partial charge < -0.3 is 5.11 Å². The maximum atomic E-state index is 8.57. The van der Waals surface area contributed by atoms with Gasteiger partial charge in [-0.15, -0.1) is 5.92 Å². The highest BCUT2D eigenvalue weighted by Gasteiger charge is 1.82. The molecule has 38 valence electrons. The van der Waals surface area contributed by atoms with Crippen LogP contribution in [0.5, 0.6) is 0 Å². The fourth-order valence-corrected chi connectivity index (χ4v) is 0.207. The highest BCUT2D eigenvalue weighted by atomic mass is 16.3. The smallest absolute Gasteiger partial charge is 0.133 e. The summed E-state index contributed by atoms with van der Waals surface area (Å²) in [6.07, 6.45) is 0.737. The van der Waals surface area contributed by atoms with Crippen molar-refractivity contribution in [3.63, 3.8) is 0 Å². The van der Waals surface area contributed by atoms with Crippen LogP contribution >= 0.6 is 0 Å². The number of aliphatic hydroxyl groups is 1. The third-order valence-corrected chi connectivity index (χ3v) is 0.515. The Bertz CT molecular complexity index is 105. The molecule has 0 spiro atoms. The molecule has 1 heteroatoms. The van der Waals surface area contributed by atoms with E-state index in [2.05, 4.69) is 18.4 Å². The molecule has 0 aromatic rings. The van der Waals surface area contributed by atoms with Crippen molar-refractivity contribution in [3.05, 3.63) is 12.7 Å². The summed E-state index contributed by atoms with van der Waals surface area (Å²) in [5, 5.41) is 8.57. The molecular weight excluding hydrogens is 88.1 g/mol. The van der Waals surface area contributed by atoms with Gasteiger partial charge in [0.2, 0.25) is 0 Å². The van der Waals surface area contributed by atoms with Crippen molar-refractivity contribution >= 4 is 0 Å². The standard InChI is InChI=1S/C6H8O/c1-3-5-6(7)4-2/h4,6-7H,2H2,1H3. The highest BCUT2D eigenvalue weighted by Crippen LogP contribution is 1.75. The Morgan fingerprint density at radius 2 is 2.43 bits per heavy atom. The van der Waals surface area contributed by atoms with E-state index in [-0.39, 0.29) is 0 Å². The third-order valence-electron chi connectivity index (χ3n) is 0.515. The predicted octanol–water partition coefficient (Wildman–Crippen LogP) is 0.557. The first-order valence-electron chi connectivity index (χ1n) is 2.04. The molecule has 1 nitrogen and oxygen atoms in total. The van der Waals surface area contributed by atoms with E-state index in [1.165, 1.54) is 6.08 Å². The van der Waals surface area contributed by atoms with Gasteiger partial charge in [-0.1, -0.05) is 18.6 Å². The van der Waals surface area contributed by atoms with Gasteiger partial charge in [-0.2, -0.15) is 0 Å². The van der Waals surface area contributed by atoms with Crippen LogP contribution in [0, 0.1) is 11.8 Å². The molecular formula is C6H8O. The fourth-order valence-electron chi connectivity index (χ4n) is 0.207. The molecule has 0 aliphatic rings. The summed E-state index contributed by atoms with van der Waals surface area (Å²) in [5.41, 5.74) is 0. The van der Waals surface area contributed by atoms with Gasteiger partial charge in [0.05, 0.1) is 0 Å². The summed E-state index contributed by atoms with van der Waals surface area (Å²) < 4.78 is 0. The Kier molecular flexibility index (Phi) is 3.09. The molecule has 0 rings (SSSR count). The Hall–Kier alpha value is -0.740. The fraction of sp³-hybridized carbons (Fsp3) is 0.333. The monoisotopic (exact) mass is 96.1 g/mol. The molecule has 7 heavy (non-hydrogen) atoms. The molecule has 0 amide bonds. The van der Waals surface area contributed by atoms with Crippen LogP contribution < -0.4 is 0 Å². The quantitative estimate of drug-likeness (QED) is 0.373. The van der Waals surface area contributed by atoms with Crippen molar-refractivity contribution in [2.24, 2.45) is 0 Å². The molecule has 0 saturated carbocycles. The minimum atomic E-state index is -0.648. The Labute approximate surface area is 43.7 Å². The lowest BCUT2D eigenvalue weighted by atomic mass is 10.4. The lowest BCUT2D eigenvalue weighted by Crippen LogP contribution is -1.94. The summed E-state index contributed by atoms with van der Waals surface area (Å²) in [6, 6.07) is 0. The first-order valence-corrected chi connectivity index (χ1v) is 2.04. The molecule has 0 aliphatic heterocycles. The Morgan fingerprint density at radius 1 is 1.86 bits per heavy atom. The van der Waals surface area contributed by atoms with Crippen LogP contribution in [0.4, 0.5) is 0 Å². The maximum absolute atomic E-state index is 8.57. The van der Waals surface area contributed by atoms with Gasteiger partial charge in [0, 0.05) is 0 Å². The molecule has 0 aromatic heterocycles. The van der Waals surface area contributed by atoms with E-state index in [0.29, 0.717) is 0 Å². The summed E-state index contributed by atoms with van der Waals surface area (Å²) in [7, 11) is 0. The predicted molar refractivity (Wildman–Crippen MR) is 29.7 cm³/mol. The average molecular weight is 96.1 g/mol. The van der Waals surface area contributed by atoms with Crippen LogP contribution in [0.25, 0.3) is 0 Å². The van der Waals surface area contributed by atoms with Gasteiger partial charge in [-0.05, 0) is 6.92 Å². The van der Waals surface area contributed by atoms with Crippen molar-refractivity contribution in [3.8, 4) is 11.8 Å². The van der Waals surface area contributed by atoms with E-state index >= 15 is 0 Å². The van der Waals surface area contributed by atoms with Crippen molar-refractivity contribution in [2.45, 2.75) is 13.0 Å². The van der Waals surface area contributed by atoms with E-state index in [0.717, 1.165) is 0 Å². The van der Waals surface area contributed by atoms with E-state index in [1.54, 1.807) is 6.92 Å². The normalized spacial score (nSPS) is 11.1. The molecule has 0 fully saturated rings. The summed E-state index contributed by atoms with van der Waals surface area (Å²) in [4.78, 5) is 0. The van der Waals surface area contributed by atoms with Gasteiger partial charge in [0.15, 0.2) is 0 Å². The largest absolute Gasteiger partial charge is 0.377 e. The van der Waals surface area contributed by atoms with E-state index < -0.39 is 6.10 Å². The molecule has 1 N–H and O–H groups in total. The van der Waals surface area contributed by atoms with Crippen molar-refractivity contribution in [2.75, 3.05) is 0 Å². The van der Waals surface area contributed by atoms with Crippen LogP contribution in [-0.2, 0) is 0 Å². The molecule has 0 aromatic carbocycles. The number of hydrogen-bond donors (Lipinski definition) is 1. The summed E-state index contributed by atoms with van der Waals surface area (Å²) >= 11 is 0. The second-order valence-electron chi connectivity index (χ2n) is 1.07. The topological polar surface area (TPSA) is 20.2 Å². The average Bonchev–Trinajstić information content (AvgIpc) is 1.68. The minimum Gasteiger partial charge on any atom is -0.377 e. The molecule has 0 heterocycles. The lowest BCUT2D eigenvalue weighted by molar-refractivity contribution is 0.281. The van der Waals surface area contributed by atoms with Crippen LogP contribution in [-0.4, -0.2) is 11.2 Å². The van der Waals surface area contributed by atoms with Crippen LogP contribution in [0.15, 0.2) is 12.7 Å². The number of aliphatic hydroxyl groups excluding tert-OH is 1. The van der Waals surface area contributed by atoms with Crippen molar-refractivity contribution in [1.82, 2.24) is 0 Å². The highest BCUT2D eigenvalue weighted by molar-refractivity contribution is 5.08. The van der Waals surface area contributed by atoms with Crippen molar-refractivity contribution in [1.29, 1.82) is 0 Å². The van der Waals surface area contributed by atoms with Crippen LogP contribution in [0.1, 0.15) is 6.92 Å². The van der Waals surface area contributed by atoms with Crippen molar-refractivity contribution < 1.29 is 5.11 Å². The van der Waals surface area contributed by atoms with Gasteiger partial charge in [0.25, 0.3) is 0 Å². The minimum absolute atomic E-state index is 0.648. The molecule has 0 saturated heterocycles. The third kappa shape index (κ3) is 3.08. The Morgan fingerprint density at radius 3 is 2.57 bits per heavy atom. The molecule has 0 bridgehead atoms. The maximum Gasteiger partial charge on any atom is 0.133 e. The first kappa shape index (κ1) is 6.26. The molecule has 0 radical (unpaired) electrons. The van der Waals surface area contributed by atoms with Crippen LogP contribution in [0.2, 0.25) is 0 Å². The van der Waals surface area contributed by atoms with Gasteiger partial charge in [-0.3, -0.25) is 0 Å². The zero-order valence-electron chi connectivity index (χ0n) is 4.31. The van der Waals surface area contributed by atoms with E-state index in [1.807, 2.05) is 0 Å². The first-order chi connectivity index (χ1) is 3.31. The lowest BCUT2D eigenvalue weighted by Gasteiger charge is -1.86. The van der Waals surface area contributed by atoms with E-state index in [9.17, 15) is 0 Å². The zero-order valence-corrected chi connectivity index (χ0v) is 4.31. The molecule has 0 aliphatic carbocycles. The van der Waals surface area contributed by atoms with E-state index in [4.69, 9.17) is 5.11 Å². The second-order valence-corrected chi connectivity index (χ2v) is 1.07. The van der Waals surface area contributed by atoms with Gasteiger partial charge in [-0.25, -0.2) is 0 Å². The SMILES string of the molecule is C=CC(O)C#CC. The molecule has 1 unspecified atom stereocenters. The Balaban J connectivity index is 3.49. The number of rotatable bonds is 1.